The van der Waals surface area contributed by atoms with E-state index in [9.17, 15) is 19.5 Å². The Morgan fingerprint density at radius 1 is 1.04 bits per heavy atom. The Balaban J connectivity index is 1.95. The van der Waals surface area contributed by atoms with Crippen molar-refractivity contribution < 1.29 is 19.5 Å². The molecule has 0 aromatic heterocycles. The molecule has 1 aliphatic rings. The predicted molar refractivity (Wildman–Crippen MR) is 103 cm³/mol. The second-order valence-electron chi connectivity index (χ2n) is 7.70. The Bertz CT molecular complexity index is 675. The molecule has 1 saturated carbocycles. The summed E-state index contributed by atoms with van der Waals surface area (Å²) in [7, 11) is 0. The zero-order valence-corrected chi connectivity index (χ0v) is 16.4. The van der Waals surface area contributed by atoms with E-state index in [2.05, 4.69) is 10.6 Å². The number of rotatable bonds is 7. The molecule has 2 rings (SSSR count). The van der Waals surface area contributed by atoms with Crippen LogP contribution in [0, 0.1) is 19.8 Å². The standard InChI is InChI=1S/C21H30N2O4/c1-13-9-14(2)11-17(10-13)19(21(26)27)23-20(25)15(3)22-18(24)12-16-7-5-4-6-8-16/h9-11,15-16,19H,4-8,12H2,1-3H3,(H,22,24)(H,23,25)(H,26,27). The number of carboxylic acids is 1. The van der Waals surface area contributed by atoms with Crippen LogP contribution in [0.2, 0.25) is 0 Å². The maximum absolute atomic E-state index is 12.4. The Morgan fingerprint density at radius 2 is 1.63 bits per heavy atom. The third-order valence-corrected chi connectivity index (χ3v) is 5.08. The van der Waals surface area contributed by atoms with Gasteiger partial charge in [0.2, 0.25) is 11.8 Å². The van der Waals surface area contributed by atoms with Crippen LogP contribution in [0.3, 0.4) is 0 Å². The summed E-state index contributed by atoms with van der Waals surface area (Å²) in [6, 6.07) is 3.51. The van der Waals surface area contributed by atoms with Gasteiger partial charge >= 0.3 is 5.97 Å². The summed E-state index contributed by atoms with van der Waals surface area (Å²) in [5, 5.41) is 14.8. The van der Waals surface area contributed by atoms with Gasteiger partial charge in [-0.05, 0) is 45.1 Å². The first-order valence-corrected chi connectivity index (χ1v) is 9.67. The molecule has 1 aromatic rings. The average molecular weight is 374 g/mol. The summed E-state index contributed by atoms with van der Waals surface area (Å²) in [6.07, 6.45) is 6.08. The molecule has 148 valence electrons. The van der Waals surface area contributed by atoms with Gasteiger partial charge in [0, 0.05) is 6.42 Å². The molecule has 0 bridgehead atoms. The quantitative estimate of drug-likeness (QED) is 0.684. The summed E-state index contributed by atoms with van der Waals surface area (Å²) >= 11 is 0. The second kappa shape index (κ2) is 9.53. The van der Waals surface area contributed by atoms with Gasteiger partial charge in [0.1, 0.15) is 6.04 Å². The fourth-order valence-electron chi connectivity index (χ4n) is 3.75. The van der Waals surface area contributed by atoms with Crippen LogP contribution in [0.15, 0.2) is 18.2 Å². The molecule has 0 aliphatic heterocycles. The van der Waals surface area contributed by atoms with Crippen LogP contribution in [0.1, 0.15) is 68.2 Å². The molecule has 0 saturated heterocycles. The Hall–Kier alpha value is -2.37. The minimum Gasteiger partial charge on any atom is -0.479 e. The molecule has 0 spiro atoms. The van der Waals surface area contributed by atoms with Gasteiger partial charge in [-0.1, -0.05) is 48.6 Å². The highest BCUT2D eigenvalue weighted by Gasteiger charge is 2.26. The van der Waals surface area contributed by atoms with Crippen molar-refractivity contribution in [2.24, 2.45) is 5.92 Å². The number of amides is 2. The van der Waals surface area contributed by atoms with E-state index >= 15 is 0 Å². The van der Waals surface area contributed by atoms with Crippen LogP contribution in [0.5, 0.6) is 0 Å². The van der Waals surface area contributed by atoms with Gasteiger partial charge in [-0.25, -0.2) is 4.79 Å². The fraction of sp³-hybridized carbons (Fsp3) is 0.571. The van der Waals surface area contributed by atoms with E-state index in [1.807, 2.05) is 19.9 Å². The van der Waals surface area contributed by atoms with Crippen molar-refractivity contribution in [1.82, 2.24) is 10.6 Å². The van der Waals surface area contributed by atoms with E-state index in [0.717, 1.165) is 36.8 Å². The lowest BCUT2D eigenvalue weighted by Gasteiger charge is -2.23. The molecule has 2 unspecified atom stereocenters. The summed E-state index contributed by atoms with van der Waals surface area (Å²) in [6.45, 7) is 5.34. The topological polar surface area (TPSA) is 95.5 Å². The van der Waals surface area contributed by atoms with Gasteiger partial charge in [0.25, 0.3) is 0 Å². The van der Waals surface area contributed by atoms with Gasteiger partial charge in [0.15, 0.2) is 6.04 Å². The maximum Gasteiger partial charge on any atom is 0.330 e. The summed E-state index contributed by atoms with van der Waals surface area (Å²) in [4.78, 5) is 36.3. The lowest BCUT2D eigenvalue weighted by Crippen LogP contribution is -2.47. The van der Waals surface area contributed by atoms with Gasteiger partial charge in [0.05, 0.1) is 0 Å². The maximum atomic E-state index is 12.4. The van der Waals surface area contributed by atoms with Crippen LogP contribution in [-0.2, 0) is 14.4 Å². The molecule has 3 N–H and O–H groups in total. The SMILES string of the molecule is Cc1cc(C)cc(C(NC(=O)C(C)NC(=O)CC2CCCCC2)C(=O)O)c1. The molecule has 2 amide bonds. The fourth-order valence-corrected chi connectivity index (χ4v) is 3.75. The van der Waals surface area contributed by atoms with E-state index < -0.39 is 24.0 Å². The normalized spacial score (nSPS) is 17.0. The number of aliphatic carboxylic acids is 1. The smallest absolute Gasteiger partial charge is 0.330 e. The first-order chi connectivity index (χ1) is 12.8. The Labute approximate surface area is 160 Å². The van der Waals surface area contributed by atoms with E-state index in [1.165, 1.54) is 6.42 Å². The summed E-state index contributed by atoms with van der Waals surface area (Å²) in [5.41, 5.74) is 2.38. The van der Waals surface area contributed by atoms with Crippen LogP contribution < -0.4 is 10.6 Å². The van der Waals surface area contributed by atoms with Crippen LogP contribution in [-0.4, -0.2) is 28.9 Å². The Kier molecular flexibility index (Phi) is 7.39. The lowest BCUT2D eigenvalue weighted by atomic mass is 9.87. The van der Waals surface area contributed by atoms with Crippen molar-refractivity contribution >= 4 is 17.8 Å². The third-order valence-electron chi connectivity index (χ3n) is 5.08. The molecule has 0 heterocycles. The highest BCUT2D eigenvalue weighted by Crippen LogP contribution is 2.26. The van der Waals surface area contributed by atoms with E-state index in [1.54, 1.807) is 19.1 Å². The number of nitrogens with one attached hydrogen (secondary N) is 2. The zero-order chi connectivity index (χ0) is 20.0. The number of aryl methyl sites for hydroxylation is 2. The molecule has 1 fully saturated rings. The monoisotopic (exact) mass is 374 g/mol. The lowest BCUT2D eigenvalue weighted by molar-refractivity contribution is -0.142. The molecular formula is C21H30N2O4. The van der Waals surface area contributed by atoms with Crippen molar-refractivity contribution in [2.45, 2.75) is 71.4 Å². The first kappa shape index (κ1) is 20.9. The number of carboxylic acid groups (broad SMARTS) is 1. The first-order valence-electron chi connectivity index (χ1n) is 9.67. The van der Waals surface area contributed by atoms with Gasteiger partial charge in [-0.15, -0.1) is 0 Å². The van der Waals surface area contributed by atoms with Gasteiger partial charge < -0.3 is 15.7 Å². The number of hydrogen-bond donors (Lipinski definition) is 3. The minimum absolute atomic E-state index is 0.150. The molecule has 6 nitrogen and oxygen atoms in total. The average Bonchev–Trinajstić information content (AvgIpc) is 2.58. The van der Waals surface area contributed by atoms with Crippen LogP contribution >= 0.6 is 0 Å². The van der Waals surface area contributed by atoms with Crippen molar-refractivity contribution in [3.63, 3.8) is 0 Å². The number of hydrogen-bond acceptors (Lipinski definition) is 3. The van der Waals surface area contributed by atoms with Gasteiger partial charge in [-0.2, -0.15) is 0 Å². The molecule has 2 atom stereocenters. The zero-order valence-electron chi connectivity index (χ0n) is 16.4. The Morgan fingerprint density at radius 3 is 2.19 bits per heavy atom. The highest BCUT2D eigenvalue weighted by molar-refractivity contribution is 5.90. The molecule has 1 aromatic carbocycles. The number of carbonyl (C=O) groups is 3. The van der Waals surface area contributed by atoms with E-state index in [-0.39, 0.29) is 5.91 Å². The second-order valence-corrected chi connectivity index (χ2v) is 7.70. The predicted octanol–water partition coefficient (Wildman–Crippen LogP) is 3.02. The minimum atomic E-state index is -1.14. The highest BCUT2D eigenvalue weighted by atomic mass is 16.4. The van der Waals surface area contributed by atoms with E-state index in [4.69, 9.17) is 0 Å². The molecule has 1 aliphatic carbocycles. The van der Waals surface area contributed by atoms with Crippen molar-refractivity contribution in [3.05, 3.63) is 34.9 Å². The van der Waals surface area contributed by atoms with Gasteiger partial charge in [-0.3, -0.25) is 9.59 Å². The molecular weight excluding hydrogens is 344 g/mol. The number of benzene rings is 1. The number of carbonyl (C=O) groups excluding carboxylic acids is 2. The van der Waals surface area contributed by atoms with Crippen molar-refractivity contribution in [3.8, 4) is 0 Å². The van der Waals surface area contributed by atoms with Crippen LogP contribution in [0.25, 0.3) is 0 Å². The van der Waals surface area contributed by atoms with Crippen LogP contribution in [0.4, 0.5) is 0 Å². The van der Waals surface area contributed by atoms with E-state index in [0.29, 0.717) is 17.9 Å². The largest absolute Gasteiger partial charge is 0.479 e. The third kappa shape index (κ3) is 6.38. The summed E-state index contributed by atoms with van der Waals surface area (Å²) in [5.74, 6) is -1.40. The summed E-state index contributed by atoms with van der Waals surface area (Å²) < 4.78 is 0. The molecule has 0 radical (unpaired) electrons. The van der Waals surface area contributed by atoms with Crippen molar-refractivity contribution in [1.29, 1.82) is 0 Å². The van der Waals surface area contributed by atoms with Crippen molar-refractivity contribution in [2.75, 3.05) is 0 Å². The molecule has 27 heavy (non-hydrogen) atoms. The molecule has 6 heteroatoms.